The van der Waals surface area contributed by atoms with Gasteiger partial charge in [0.25, 0.3) is 5.56 Å². The average Bonchev–Trinajstić information content (AvgIpc) is 2.56. The van der Waals surface area contributed by atoms with Gasteiger partial charge in [-0.05, 0) is 30.4 Å². The molecule has 2 aromatic rings. The van der Waals surface area contributed by atoms with Crippen LogP contribution in [0.3, 0.4) is 0 Å². The highest BCUT2D eigenvalue weighted by molar-refractivity contribution is 6.33. The summed E-state index contributed by atoms with van der Waals surface area (Å²) in [7, 11) is 0. The molecule has 1 saturated heterocycles. The molecule has 26 heavy (non-hydrogen) atoms. The summed E-state index contributed by atoms with van der Waals surface area (Å²) in [6.07, 6.45) is -0.302. The minimum absolute atomic E-state index is 0.0144. The molecule has 0 aromatic carbocycles. The summed E-state index contributed by atoms with van der Waals surface area (Å²) < 4.78 is 38.8. The van der Waals surface area contributed by atoms with Gasteiger partial charge in [0.05, 0.1) is 17.4 Å². The molecule has 3 rings (SSSR count). The first-order valence-corrected chi connectivity index (χ1v) is 8.53. The lowest BCUT2D eigenvalue weighted by molar-refractivity contribution is -0.137. The molecule has 0 aliphatic carbocycles. The molecule has 1 aliphatic rings. The third kappa shape index (κ3) is 3.70. The lowest BCUT2D eigenvalue weighted by atomic mass is 9.84. The molecular formula is C17H18ClF3N4O. The highest BCUT2D eigenvalue weighted by Crippen LogP contribution is 2.33. The van der Waals surface area contributed by atoms with E-state index in [4.69, 9.17) is 11.6 Å². The highest BCUT2D eigenvalue weighted by Gasteiger charge is 2.31. The summed E-state index contributed by atoms with van der Waals surface area (Å²) in [6, 6.07) is 1.95. The molecule has 1 aliphatic heterocycles. The Morgan fingerprint density at radius 2 is 1.96 bits per heavy atom. The molecule has 0 spiro atoms. The van der Waals surface area contributed by atoms with Crippen LogP contribution in [0.25, 0.3) is 5.82 Å². The van der Waals surface area contributed by atoms with E-state index < -0.39 is 17.3 Å². The summed E-state index contributed by atoms with van der Waals surface area (Å²) in [4.78, 5) is 18.3. The van der Waals surface area contributed by atoms with E-state index in [0.29, 0.717) is 11.9 Å². The van der Waals surface area contributed by atoms with Crippen molar-refractivity contribution in [1.29, 1.82) is 0 Å². The summed E-state index contributed by atoms with van der Waals surface area (Å²) in [5, 5.41) is 4.04. The minimum atomic E-state index is -4.49. The Bertz CT molecular complexity index is 862. The smallest absolute Gasteiger partial charge is 0.368 e. The van der Waals surface area contributed by atoms with Crippen LogP contribution in [-0.4, -0.2) is 27.9 Å². The van der Waals surface area contributed by atoms with Crippen LogP contribution in [0.5, 0.6) is 0 Å². The van der Waals surface area contributed by atoms with Gasteiger partial charge in [0, 0.05) is 19.3 Å². The van der Waals surface area contributed by atoms with Crippen molar-refractivity contribution in [3.05, 3.63) is 45.5 Å². The summed E-state index contributed by atoms with van der Waals surface area (Å²) in [5.74, 6) is -0.0181. The molecule has 0 bridgehead atoms. The molecule has 0 amide bonds. The predicted octanol–water partition coefficient (Wildman–Crippen LogP) is 3.93. The van der Waals surface area contributed by atoms with Gasteiger partial charge in [-0.3, -0.25) is 4.79 Å². The van der Waals surface area contributed by atoms with Crippen LogP contribution >= 0.6 is 11.6 Å². The Morgan fingerprint density at radius 1 is 1.23 bits per heavy atom. The van der Waals surface area contributed by atoms with E-state index in [1.54, 1.807) is 0 Å². The van der Waals surface area contributed by atoms with Gasteiger partial charge in [-0.25, -0.2) is 4.98 Å². The van der Waals surface area contributed by atoms with Gasteiger partial charge >= 0.3 is 6.18 Å². The van der Waals surface area contributed by atoms with Crippen molar-refractivity contribution in [1.82, 2.24) is 14.8 Å². The van der Waals surface area contributed by atoms with Crippen LogP contribution in [0, 0.1) is 5.41 Å². The molecule has 0 N–H and O–H groups in total. The number of pyridine rings is 1. The first-order chi connectivity index (χ1) is 12.1. The number of rotatable bonds is 2. The molecule has 3 heterocycles. The Kier molecular flexibility index (Phi) is 4.72. The maximum absolute atomic E-state index is 12.6. The molecule has 0 radical (unpaired) electrons. The molecule has 140 valence electrons. The van der Waals surface area contributed by atoms with E-state index >= 15 is 0 Å². The topological polar surface area (TPSA) is 51.0 Å². The largest absolute Gasteiger partial charge is 0.417 e. The van der Waals surface area contributed by atoms with E-state index in [-0.39, 0.29) is 16.3 Å². The Morgan fingerprint density at radius 3 is 2.54 bits per heavy atom. The number of aromatic nitrogens is 3. The standard InChI is InChI=1S/C17H18ClF3N4O/c1-16(2)6-3-7-24(10-16)12-9-23-25(15(26)14(12)18)13-5-4-11(8-22-13)17(19,20)21/h4-5,8-9H,3,6-7,10H2,1-2H3. The van der Waals surface area contributed by atoms with Crippen LogP contribution in [-0.2, 0) is 6.18 Å². The normalized spacial score (nSPS) is 17.4. The van der Waals surface area contributed by atoms with Crippen molar-refractivity contribution in [2.75, 3.05) is 18.0 Å². The van der Waals surface area contributed by atoms with Crippen molar-refractivity contribution in [3.8, 4) is 5.82 Å². The molecular weight excluding hydrogens is 369 g/mol. The Labute approximate surface area is 153 Å². The van der Waals surface area contributed by atoms with Crippen LogP contribution < -0.4 is 10.5 Å². The Balaban J connectivity index is 1.94. The van der Waals surface area contributed by atoms with E-state index in [1.165, 1.54) is 6.20 Å². The second-order valence-corrected chi connectivity index (χ2v) is 7.53. The van der Waals surface area contributed by atoms with E-state index in [2.05, 4.69) is 23.9 Å². The quantitative estimate of drug-likeness (QED) is 0.784. The second kappa shape index (κ2) is 6.57. The van der Waals surface area contributed by atoms with Gasteiger partial charge in [-0.2, -0.15) is 23.0 Å². The second-order valence-electron chi connectivity index (χ2n) is 7.15. The van der Waals surface area contributed by atoms with E-state index in [1.807, 2.05) is 4.90 Å². The van der Waals surface area contributed by atoms with Gasteiger partial charge in [0.15, 0.2) is 5.82 Å². The summed E-state index contributed by atoms with van der Waals surface area (Å²) >= 11 is 6.26. The lowest BCUT2D eigenvalue weighted by Crippen LogP contribution is -2.41. The first-order valence-electron chi connectivity index (χ1n) is 8.15. The van der Waals surface area contributed by atoms with Gasteiger partial charge < -0.3 is 4.90 Å². The monoisotopic (exact) mass is 386 g/mol. The molecule has 9 heteroatoms. The molecule has 0 unspecified atom stereocenters. The molecule has 2 aromatic heterocycles. The average molecular weight is 387 g/mol. The molecule has 1 fully saturated rings. The van der Waals surface area contributed by atoms with Crippen LogP contribution in [0.1, 0.15) is 32.3 Å². The summed E-state index contributed by atoms with van der Waals surface area (Å²) in [6.45, 7) is 5.81. The fourth-order valence-electron chi connectivity index (χ4n) is 3.12. The van der Waals surface area contributed by atoms with Crippen molar-refractivity contribution in [2.45, 2.75) is 32.9 Å². The maximum Gasteiger partial charge on any atom is 0.417 e. The molecule has 0 saturated carbocycles. The van der Waals surface area contributed by atoms with Crippen molar-refractivity contribution >= 4 is 17.3 Å². The van der Waals surface area contributed by atoms with E-state index in [0.717, 1.165) is 42.7 Å². The van der Waals surface area contributed by atoms with Crippen LogP contribution in [0.4, 0.5) is 18.9 Å². The van der Waals surface area contributed by atoms with E-state index in [9.17, 15) is 18.0 Å². The third-order valence-corrected chi connectivity index (χ3v) is 4.79. The maximum atomic E-state index is 12.6. The van der Waals surface area contributed by atoms with Gasteiger partial charge in [-0.1, -0.05) is 25.4 Å². The van der Waals surface area contributed by atoms with Crippen molar-refractivity contribution < 1.29 is 13.2 Å². The van der Waals surface area contributed by atoms with Crippen LogP contribution in [0.15, 0.2) is 29.3 Å². The SMILES string of the molecule is CC1(C)CCCN(c2cnn(-c3ccc(C(F)(F)F)cn3)c(=O)c2Cl)C1. The zero-order valence-corrected chi connectivity index (χ0v) is 15.1. The first kappa shape index (κ1) is 18.7. The lowest BCUT2D eigenvalue weighted by Gasteiger charge is -2.39. The van der Waals surface area contributed by atoms with Crippen LogP contribution in [0.2, 0.25) is 5.02 Å². The number of hydrogen-bond acceptors (Lipinski definition) is 4. The minimum Gasteiger partial charge on any atom is -0.368 e. The summed E-state index contributed by atoms with van der Waals surface area (Å²) in [5.41, 5.74) is -0.870. The number of halogens is 4. The van der Waals surface area contributed by atoms with Gasteiger partial charge in [0.2, 0.25) is 0 Å². The number of piperidine rings is 1. The highest BCUT2D eigenvalue weighted by atomic mass is 35.5. The number of alkyl halides is 3. The molecule has 5 nitrogen and oxygen atoms in total. The van der Waals surface area contributed by atoms with Crippen molar-refractivity contribution in [3.63, 3.8) is 0 Å². The van der Waals surface area contributed by atoms with Gasteiger partial charge in [0.1, 0.15) is 5.02 Å². The number of anilines is 1. The van der Waals surface area contributed by atoms with Crippen molar-refractivity contribution in [2.24, 2.45) is 5.41 Å². The zero-order valence-electron chi connectivity index (χ0n) is 14.3. The fourth-order valence-corrected chi connectivity index (χ4v) is 3.36. The molecule has 0 atom stereocenters. The Hall–Kier alpha value is -2.09. The third-order valence-electron chi connectivity index (χ3n) is 4.43. The zero-order chi connectivity index (χ0) is 19.1. The fraction of sp³-hybridized carbons (Fsp3) is 0.471. The number of hydrogen-bond donors (Lipinski definition) is 0. The predicted molar refractivity (Wildman–Crippen MR) is 92.9 cm³/mol. The van der Waals surface area contributed by atoms with Gasteiger partial charge in [-0.15, -0.1) is 0 Å². The number of nitrogens with zero attached hydrogens (tertiary/aromatic N) is 4.